The molecule has 1 saturated heterocycles. The molecule has 6 heteroatoms. The van der Waals surface area contributed by atoms with Gasteiger partial charge in [-0.25, -0.2) is 4.98 Å². The summed E-state index contributed by atoms with van der Waals surface area (Å²) in [7, 11) is 0. The Balaban J connectivity index is 1.59. The fourth-order valence-electron chi connectivity index (χ4n) is 3.28. The highest BCUT2D eigenvalue weighted by molar-refractivity contribution is 7.13. The van der Waals surface area contributed by atoms with E-state index in [0.717, 1.165) is 41.4 Å². The number of piperidine rings is 1. The molecule has 0 atom stereocenters. The van der Waals surface area contributed by atoms with E-state index in [0.29, 0.717) is 12.5 Å². The third kappa shape index (κ3) is 4.23. The number of thiophene rings is 1. The summed E-state index contributed by atoms with van der Waals surface area (Å²) in [5, 5.41) is 0. The van der Waals surface area contributed by atoms with Gasteiger partial charge >= 0.3 is 0 Å². The van der Waals surface area contributed by atoms with Gasteiger partial charge in [0, 0.05) is 36.0 Å². The van der Waals surface area contributed by atoms with Crippen LogP contribution >= 0.6 is 11.3 Å². The van der Waals surface area contributed by atoms with E-state index in [1.165, 1.54) is 0 Å². The standard InChI is InChI=1S/C20H27N3O2S/c1-14-5-6-16(26-14)19(25)22-9-7-15(8-10-22)12-23-13-21-17(11-18(23)24)20(2,3)4/h5-6,11,13,15H,7-10,12H2,1-4H3. The molecule has 140 valence electrons. The molecule has 0 aliphatic carbocycles. The number of aryl methyl sites for hydroxylation is 1. The first-order valence-corrected chi connectivity index (χ1v) is 9.98. The number of hydrogen-bond donors (Lipinski definition) is 0. The number of carbonyl (C=O) groups is 1. The van der Waals surface area contributed by atoms with E-state index in [1.54, 1.807) is 28.3 Å². The lowest BCUT2D eigenvalue weighted by Gasteiger charge is -2.32. The summed E-state index contributed by atoms with van der Waals surface area (Å²) in [5.74, 6) is 0.541. The number of likely N-dealkylation sites (tertiary alicyclic amines) is 1. The van der Waals surface area contributed by atoms with Crippen LogP contribution in [-0.4, -0.2) is 33.4 Å². The van der Waals surface area contributed by atoms with Gasteiger partial charge in [0.25, 0.3) is 11.5 Å². The SMILES string of the molecule is Cc1ccc(C(=O)N2CCC(Cn3cnc(C(C)(C)C)cc3=O)CC2)s1. The van der Waals surface area contributed by atoms with Crippen molar-refractivity contribution in [1.82, 2.24) is 14.5 Å². The largest absolute Gasteiger partial charge is 0.338 e. The maximum Gasteiger partial charge on any atom is 0.263 e. The van der Waals surface area contributed by atoms with Crippen molar-refractivity contribution in [3.05, 3.63) is 50.3 Å². The average molecular weight is 374 g/mol. The van der Waals surface area contributed by atoms with E-state index in [9.17, 15) is 9.59 Å². The fraction of sp³-hybridized carbons (Fsp3) is 0.550. The molecule has 5 nitrogen and oxygen atoms in total. The molecular weight excluding hydrogens is 346 g/mol. The Morgan fingerprint density at radius 2 is 1.96 bits per heavy atom. The van der Waals surface area contributed by atoms with Crippen molar-refractivity contribution in [3.8, 4) is 0 Å². The normalized spacial score (nSPS) is 16.1. The molecule has 3 rings (SSSR count). The molecular formula is C20H27N3O2S. The van der Waals surface area contributed by atoms with Crippen LogP contribution < -0.4 is 5.56 Å². The van der Waals surface area contributed by atoms with Crippen molar-refractivity contribution in [3.63, 3.8) is 0 Å². The smallest absolute Gasteiger partial charge is 0.263 e. The van der Waals surface area contributed by atoms with Crippen LogP contribution in [-0.2, 0) is 12.0 Å². The summed E-state index contributed by atoms with van der Waals surface area (Å²) < 4.78 is 1.71. The Morgan fingerprint density at radius 1 is 1.27 bits per heavy atom. The minimum Gasteiger partial charge on any atom is -0.338 e. The van der Waals surface area contributed by atoms with Gasteiger partial charge in [-0.1, -0.05) is 20.8 Å². The molecule has 2 aromatic rings. The second-order valence-corrected chi connectivity index (χ2v) is 9.45. The minimum absolute atomic E-state index is 0.0116. The molecule has 0 radical (unpaired) electrons. The minimum atomic E-state index is -0.121. The molecule has 3 heterocycles. The van der Waals surface area contributed by atoms with Crippen LogP contribution in [0.3, 0.4) is 0 Å². The predicted octanol–water partition coefficient (Wildman–Crippen LogP) is 3.46. The second-order valence-electron chi connectivity index (χ2n) is 8.16. The molecule has 2 aromatic heterocycles. The van der Waals surface area contributed by atoms with Crippen molar-refractivity contribution in [2.24, 2.45) is 5.92 Å². The molecule has 26 heavy (non-hydrogen) atoms. The molecule has 0 unspecified atom stereocenters. The summed E-state index contributed by atoms with van der Waals surface area (Å²) in [6.07, 6.45) is 3.52. The molecule has 0 saturated carbocycles. The summed E-state index contributed by atoms with van der Waals surface area (Å²) in [4.78, 5) is 33.3. The first kappa shape index (κ1) is 18.8. The molecule has 0 spiro atoms. The number of nitrogens with zero attached hydrogens (tertiary/aromatic N) is 3. The van der Waals surface area contributed by atoms with Gasteiger partial charge in [-0.05, 0) is 37.8 Å². The lowest BCUT2D eigenvalue weighted by molar-refractivity contribution is 0.0687. The van der Waals surface area contributed by atoms with Crippen molar-refractivity contribution in [2.75, 3.05) is 13.1 Å². The van der Waals surface area contributed by atoms with Crippen molar-refractivity contribution < 1.29 is 4.79 Å². The first-order valence-electron chi connectivity index (χ1n) is 9.17. The van der Waals surface area contributed by atoms with Crippen molar-refractivity contribution >= 4 is 17.2 Å². The summed E-state index contributed by atoms with van der Waals surface area (Å²) in [6.45, 7) is 10.4. The lowest BCUT2D eigenvalue weighted by atomic mass is 9.92. The molecule has 1 aliphatic heterocycles. The number of amides is 1. The Bertz CT molecular complexity index is 839. The molecule has 0 N–H and O–H groups in total. The zero-order valence-corrected chi connectivity index (χ0v) is 16.8. The van der Waals surface area contributed by atoms with Gasteiger partial charge in [-0.3, -0.25) is 14.2 Å². The Morgan fingerprint density at radius 3 is 2.50 bits per heavy atom. The number of rotatable bonds is 3. The van der Waals surface area contributed by atoms with E-state index < -0.39 is 0 Å². The topological polar surface area (TPSA) is 55.2 Å². The van der Waals surface area contributed by atoms with Crippen LogP contribution in [0.1, 0.15) is 53.9 Å². The number of hydrogen-bond acceptors (Lipinski definition) is 4. The quantitative estimate of drug-likeness (QED) is 0.828. The maximum atomic E-state index is 12.5. The Hall–Kier alpha value is -1.95. The van der Waals surface area contributed by atoms with Gasteiger partial charge in [-0.2, -0.15) is 0 Å². The van der Waals surface area contributed by atoms with Gasteiger partial charge in [0.2, 0.25) is 0 Å². The molecule has 0 aromatic carbocycles. The summed E-state index contributed by atoms with van der Waals surface area (Å²) in [6, 6.07) is 5.56. The molecule has 1 fully saturated rings. The van der Waals surface area contributed by atoms with Crippen molar-refractivity contribution in [2.45, 2.75) is 52.5 Å². The Labute approximate surface area is 158 Å². The molecule has 0 bridgehead atoms. The van der Waals surface area contributed by atoms with Crippen molar-refractivity contribution in [1.29, 1.82) is 0 Å². The van der Waals surface area contributed by atoms with E-state index >= 15 is 0 Å². The van der Waals surface area contributed by atoms with Gasteiger partial charge in [0.15, 0.2) is 0 Å². The second kappa shape index (κ2) is 7.35. The molecule has 1 aliphatic rings. The third-order valence-corrected chi connectivity index (χ3v) is 5.94. The van der Waals surface area contributed by atoms with Crippen LogP contribution in [0.15, 0.2) is 29.3 Å². The lowest BCUT2D eigenvalue weighted by Crippen LogP contribution is -2.39. The van der Waals surface area contributed by atoms with E-state index in [-0.39, 0.29) is 16.9 Å². The zero-order chi connectivity index (χ0) is 18.9. The number of aromatic nitrogens is 2. The highest BCUT2D eigenvalue weighted by atomic mass is 32.1. The third-order valence-electron chi connectivity index (χ3n) is 4.96. The van der Waals surface area contributed by atoms with Gasteiger partial charge in [0.1, 0.15) is 0 Å². The van der Waals surface area contributed by atoms with Crippen LogP contribution in [0.4, 0.5) is 0 Å². The van der Waals surface area contributed by atoms with Gasteiger partial charge < -0.3 is 4.90 Å². The average Bonchev–Trinajstić information content (AvgIpc) is 3.02. The highest BCUT2D eigenvalue weighted by Crippen LogP contribution is 2.23. The monoisotopic (exact) mass is 373 g/mol. The van der Waals surface area contributed by atoms with Crippen LogP contribution in [0.2, 0.25) is 0 Å². The molecule has 1 amide bonds. The summed E-state index contributed by atoms with van der Waals surface area (Å²) >= 11 is 1.55. The maximum absolute atomic E-state index is 12.5. The van der Waals surface area contributed by atoms with Gasteiger partial charge in [-0.15, -0.1) is 11.3 Å². The zero-order valence-electron chi connectivity index (χ0n) is 16.0. The van der Waals surface area contributed by atoms with Crippen LogP contribution in [0.5, 0.6) is 0 Å². The van der Waals surface area contributed by atoms with E-state index in [2.05, 4.69) is 25.8 Å². The fourth-order valence-corrected chi connectivity index (χ4v) is 4.11. The predicted molar refractivity (Wildman–Crippen MR) is 105 cm³/mol. The Kier molecular flexibility index (Phi) is 5.32. The van der Waals surface area contributed by atoms with Crippen LogP contribution in [0, 0.1) is 12.8 Å². The van der Waals surface area contributed by atoms with E-state index in [4.69, 9.17) is 0 Å². The highest BCUT2D eigenvalue weighted by Gasteiger charge is 2.25. The van der Waals surface area contributed by atoms with E-state index in [1.807, 2.05) is 24.0 Å². The first-order chi connectivity index (χ1) is 12.2. The number of carbonyl (C=O) groups excluding carboxylic acids is 1. The van der Waals surface area contributed by atoms with Gasteiger partial charge in [0.05, 0.1) is 16.9 Å². The summed E-state index contributed by atoms with van der Waals surface area (Å²) in [5.41, 5.74) is 0.715. The van der Waals surface area contributed by atoms with Crippen LogP contribution in [0.25, 0.3) is 0 Å².